The Labute approximate surface area is 162 Å². The summed E-state index contributed by atoms with van der Waals surface area (Å²) in [6.45, 7) is 4.62. The largest absolute Gasteiger partial charge is 0.496 e. The fraction of sp³-hybridized carbons (Fsp3) is 0.300. The van der Waals surface area contributed by atoms with Crippen LogP contribution in [0.2, 0.25) is 5.15 Å². The Bertz CT molecular complexity index is 1060. The second kappa shape index (κ2) is 7.87. The number of aromatic nitrogens is 3. The Morgan fingerprint density at radius 2 is 2.07 bits per heavy atom. The highest BCUT2D eigenvalue weighted by Gasteiger charge is 2.16. The number of hydrogen-bond donors (Lipinski definition) is 2. The lowest BCUT2D eigenvalue weighted by atomic mass is 10.0. The molecule has 0 saturated heterocycles. The van der Waals surface area contributed by atoms with Gasteiger partial charge in [-0.3, -0.25) is 0 Å². The van der Waals surface area contributed by atoms with Crippen LogP contribution in [0.4, 0.5) is 5.95 Å². The Morgan fingerprint density at radius 3 is 2.78 bits per heavy atom. The van der Waals surface area contributed by atoms with Crippen LogP contribution in [-0.4, -0.2) is 33.4 Å². The number of fused-ring (bicyclic) bond motifs is 1. The van der Waals surface area contributed by atoms with Gasteiger partial charge in [0.2, 0.25) is 5.95 Å². The predicted octanol–water partition coefficient (Wildman–Crippen LogP) is 3.07. The van der Waals surface area contributed by atoms with E-state index in [1.54, 1.807) is 7.11 Å². The number of halogens is 1. The summed E-state index contributed by atoms with van der Waals surface area (Å²) in [7, 11) is 1.67. The minimum atomic E-state index is 0.00514. The van der Waals surface area contributed by atoms with Gasteiger partial charge in [-0.15, -0.1) is 0 Å². The number of nitrogens with zero attached hydrogens (tertiary/aromatic N) is 3. The summed E-state index contributed by atoms with van der Waals surface area (Å²) in [5.41, 5.74) is 10.4. The highest BCUT2D eigenvalue weighted by molar-refractivity contribution is 6.34. The second-order valence-electron chi connectivity index (χ2n) is 6.22. The van der Waals surface area contributed by atoms with Gasteiger partial charge in [0.25, 0.3) is 0 Å². The number of aliphatic hydroxyl groups is 1. The fourth-order valence-corrected chi connectivity index (χ4v) is 3.40. The van der Waals surface area contributed by atoms with Gasteiger partial charge in [0.1, 0.15) is 16.5 Å². The second-order valence-corrected chi connectivity index (χ2v) is 6.58. The first-order valence-electron chi connectivity index (χ1n) is 8.51. The molecular weight excluding hydrogens is 364 g/mol. The average molecular weight is 385 g/mol. The van der Waals surface area contributed by atoms with E-state index in [1.165, 1.54) is 0 Å². The highest BCUT2D eigenvalue weighted by Crippen LogP contribution is 2.30. The van der Waals surface area contributed by atoms with E-state index in [1.807, 2.05) is 30.7 Å². The van der Waals surface area contributed by atoms with Crippen molar-refractivity contribution in [3.05, 3.63) is 45.7 Å². The Hall–Kier alpha value is -2.75. The summed E-state index contributed by atoms with van der Waals surface area (Å²) < 4.78 is 7.49. The summed E-state index contributed by atoms with van der Waals surface area (Å²) in [4.78, 5) is 8.42. The van der Waals surface area contributed by atoms with E-state index in [2.05, 4.69) is 27.9 Å². The lowest BCUT2D eigenvalue weighted by Crippen LogP contribution is -2.05. The van der Waals surface area contributed by atoms with Crippen molar-refractivity contribution >= 4 is 28.6 Å². The van der Waals surface area contributed by atoms with Gasteiger partial charge in [-0.25, -0.2) is 4.98 Å². The van der Waals surface area contributed by atoms with Crippen molar-refractivity contribution in [3.8, 4) is 17.6 Å². The fourth-order valence-electron chi connectivity index (χ4n) is 3.12. The van der Waals surface area contributed by atoms with Crippen molar-refractivity contribution < 1.29 is 9.84 Å². The lowest BCUT2D eigenvalue weighted by Gasteiger charge is -2.14. The van der Waals surface area contributed by atoms with Crippen molar-refractivity contribution in [1.82, 2.24) is 14.5 Å². The van der Waals surface area contributed by atoms with Gasteiger partial charge in [-0.05, 0) is 30.5 Å². The number of nitrogen functional groups attached to an aromatic ring is 1. The van der Waals surface area contributed by atoms with Crippen molar-refractivity contribution in [2.45, 2.75) is 26.8 Å². The summed E-state index contributed by atoms with van der Waals surface area (Å²) >= 11 is 6.31. The molecule has 0 bridgehead atoms. The van der Waals surface area contributed by atoms with Gasteiger partial charge >= 0.3 is 0 Å². The number of aliphatic hydroxyl groups excluding tert-OH is 1. The molecule has 0 radical (unpaired) electrons. The van der Waals surface area contributed by atoms with Gasteiger partial charge in [-0.2, -0.15) is 4.98 Å². The van der Waals surface area contributed by atoms with Gasteiger partial charge in [0.05, 0.1) is 24.7 Å². The number of hydrogen-bond acceptors (Lipinski definition) is 5. The number of benzene rings is 1. The van der Waals surface area contributed by atoms with E-state index in [4.69, 9.17) is 27.2 Å². The Balaban J connectivity index is 2.14. The van der Waals surface area contributed by atoms with E-state index in [-0.39, 0.29) is 17.7 Å². The number of rotatable bonds is 4. The molecule has 6 nitrogen and oxygen atoms in total. The van der Waals surface area contributed by atoms with Crippen LogP contribution >= 0.6 is 11.6 Å². The smallest absolute Gasteiger partial charge is 0.223 e. The summed E-state index contributed by atoms with van der Waals surface area (Å²) in [6.07, 6.45) is 2.27. The van der Waals surface area contributed by atoms with Crippen LogP contribution in [0, 0.1) is 25.7 Å². The molecule has 0 fully saturated rings. The summed E-state index contributed by atoms with van der Waals surface area (Å²) in [5.74, 6) is 6.95. The topological polar surface area (TPSA) is 86.2 Å². The van der Waals surface area contributed by atoms with Crippen LogP contribution in [0.5, 0.6) is 5.75 Å². The van der Waals surface area contributed by atoms with Gasteiger partial charge < -0.3 is 20.1 Å². The maximum Gasteiger partial charge on any atom is 0.223 e. The third-order valence-corrected chi connectivity index (χ3v) is 4.68. The Kier molecular flexibility index (Phi) is 5.54. The van der Waals surface area contributed by atoms with Crippen LogP contribution in [0.3, 0.4) is 0 Å². The molecule has 0 aliphatic heterocycles. The molecular formula is C20H21ClN4O2. The molecule has 3 rings (SSSR count). The molecule has 7 heteroatoms. The maximum atomic E-state index is 8.96. The number of ether oxygens (including phenoxy) is 1. The minimum absolute atomic E-state index is 0.00514. The SMILES string of the molecule is COc1c(C)ccc(Cn2cc(C#CCCO)c3c(Cl)nc(N)nc32)c1C. The monoisotopic (exact) mass is 384 g/mol. The normalized spacial score (nSPS) is 10.7. The van der Waals surface area contributed by atoms with Gasteiger partial charge in [-0.1, -0.05) is 35.6 Å². The zero-order valence-electron chi connectivity index (χ0n) is 15.5. The average Bonchev–Trinajstić information content (AvgIpc) is 2.96. The van der Waals surface area contributed by atoms with Gasteiger partial charge in [0.15, 0.2) is 0 Å². The molecule has 140 valence electrons. The summed E-state index contributed by atoms with van der Waals surface area (Å²) in [5, 5.41) is 9.89. The van der Waals surface area contributed by atoms with E-state index in [0.29, 0.717) is 29.6 Å². The van der Waals surface area contributed by atoms with E-state index in [9.17, 15) is 0 Å². The predicted molar refractivity (Wildman–Crippen MR) is 107 cm³/mol. The third kappa shape index (κ3) is 3.70. The van der Waals surface area contributed by atoms with Crippen molar-refractivity contribution in [3.63, 3.8) is 0 Å². The Morgan fingerprint density at radius 1 is 1.30 bits per heavy atom. The molecule has 3 N–H and O–H groups in total. The molecule has 2 aromatic heterocycles. The first-order valence-corrected chi connectivity index (χ1v) is 8.88. The molecule has 0 atom stereocenters. The molecule has 0 amide bonds. The standard InChI is InChI=1S/C20H21ClN4O2/c1-12-7-8-14(13(2)17(12)27-3)10-25-11-15(6-4-5-9-26)16-18(21)23-20(22)24-19(16)25/h7-8,11,26H,5,9-10H2,1-3H3,(H2,22,23,24). The zero-order valence-corrected chi connectivity index (χ0v) is 16.3. The van der Waals surface area contributed by atoms with E-state index < -0.39 is 0 Å². The van der Waals surface area contributed by atoms with Crippen LogP contribution < -0.4 is 10.5 Å². The number of nitrogens with two attached hydrogens (primary N) is 1. The number of anilines is 1. The molecule has 2 heterocycles. The summed E-state index contributed by atoms with van der Waals surface area (Å²) in [6, 6.07) is 4.10. The molecule has 0 aliphatic carbocycles. The van der Waals surface area contributed by atoms with E-state index >= 15 is 0 Å². The van der Waals surface area contributed by atoms with Crippen molar-refractivity contribution in [1.29, 1.82) is 0 Å². The molecule has 0 aliphatic rings. The van der Waals surface area contributed by atoms with E-state index in [0.717, 1.165) is 22.4 Å². The maximum absolute atomic E-state index is 8.96. The van der Waals surface area contributed by atoms with Gasteiger partial charge in [0, 0.05) is 19.2 Å². The quantitative estimate of drug-likeness (QED) is 0.533. The van der Waals surface area contributed by atoms with Crippen LogP contribution in [0.25, 0.3) is 11.0 Å². The van der Waals surface area contributed by atoms with Crippen molar-refractivity contribution in [2.75, 3.05) is 19.5 Å². The molecule has 0 saturated carbocycles. The third-order valence-electron chi connectivity index (χ3n) is 4.41. The zero-order chi connectivity index (χ0) is 19.6. The first-order chi connectivity index (χ1) is 13.0. The minimum Gasteiger partial charge on any atom is -0.496 e. The van der Waals surface area contributed by atoms with Crippen LogP contribution in [0.1, 0.15) is 28.7 Å². The van der Waals surface area contributed by atoms with Crippen molar-refractivity contribution in [2.24, 2.45) is 0 Å². The van der Waals surface area contributed by atoms with Crippen LogP contribution in [-0.2, 0) is 6.54 Å². The molecule has 3 aromatic rings. The highest BCUT2D eigenvalue weighted by atomic mass is 35.5. The first kappa shape index (κ1) is 19.0. The lowest BCUT2D eigenvalue weighted by molar-refractivity contribution is 0.305. The molecule has 0 spiro atoms. The molecule has 0 unspecified atom stereocenters. The van der Waals surface area contributed by atoms with Crippen LogP contribution in [0.15, 0.2) is 18.3 Å². The molecule has 27 heavy (non-hydrogen) atoms. The molecule has 1 aromatic carbocycles. The number of methoxy groups -OCH3 is 1. The number of aryl methyl sites for hydroxylation is 1.